The van der Waals surface area contributed by atoms with Crippen LogP contribution in [0.4, 0.5) is 0 Å². The van der Waals surface area contributed by atoms with Crippen molar-refractivity contribution in [3.05, 3.63) is 28.5 Å². The van der Waals surface area contributed by atoms with Crippen LogP contribution >= 0.6 is 15.9 Å². The second kappa shape index (κ2) is 4.56. The SMILES string of the molecule is CCCC12COC(c3cncc(Br)c3)(OC1)OC2. The molecule has 5 heteroatoms. The molecule has 1 aromatic rings. The van der Waals surface area contributed by atoms with Gasteiger partial charge in [0, 0.05) is 22.3 Å². The Labute approximate surface area is 115 Å². The number of pyridine rings is 1. The zero-order chi connectivity index (χ0) is 12.6. The largest absolute Gasteiger partial charge is 0.323 e. The minimum atomic E-state index is -1.05. The summed E-state index contributed by atoms with van der Waals surface area (Å²) in [6, 6.07) is 1.92. The Bertz CT molecular complexity index is 427. The molecule has 0 aliphatic carbocycles. The Balaban J connectivity index is 1.84. The molecule has 0 radical (unpaired) electrons. The number of ether oxygens (including phenoxy) is 3. The first-order valence-electron chi connectivity index (χ1n) is 6.21. The van der Waals surface area contributed by atoms with Gasteiger partial charge in [-0.15, -0.1) is 0 Å². The van der Waals surface area contributed by atoms with E-state index in [1.54, 1.807) is 12.4 Å². The minimum absolute atomic E-state index is 0.0376. The quantitative estimate of drug-likeness (QED) is 0.860. The van der Waals surface area contributed by atoms with Crippen molar-refractivity contribution in [3.8, 4) is 0 Å². The Morgan fingerprint density at radius 2 is 1.89 bits per heavy atom. The summed E-state index contributed by atoms with van der Waals surface area (Å²) in [7, 11) is 0. The molecule has 4 nitrogen and oxygen atoms in total. The lowest BCUT2D eigenvalue weighted by molar-refractivity contribution is -0.480. The summed E-state index contributed by atoms with van der Waals surface area (Å²) < 4.78 is 18.5. The van der Waals surface area contributed by atoms with Crippen molar-refractivity contribution in [3.63, 3.8) is 0 Å². The van der Waals surface area contributed by atoms with Gasteiger partial charge in [0.15, 0.2) is 0 Å². The number of nitrogens with zero attached hydrogens (tertiary/aromatic N) is 1. The summed E-state index contributed by atoms with van der Waals surface area (Å²) in [5, 5.41) is 0. The van der Waals surface area contributed by atoms with E-state index in [0.717, 1.165) is 22.9 Å². The number of fused-ring (bicyclic) bond motifs is 3. The van der Waals surface area contributed by atoms with E-state index in [4.69, 9.17) is 14.2 Å². The fourth-order valence-corrected chi connectivity index (χ4v) is 2.94. The predicted octanol–water partition coefficient (Wildman–Crippen LogP) is 2.82. The van der Waals surface area contributed by atoms with Gasteiger partial charge in [-0.3, -0.25) is 4.98 Å². The first-order valence-corrected chi connectivity index (χ1v) is 7.00. The molecule has 0 aromatic carbocycles. The van der Waals surface area contributed by atoms with Crippen LogP contribution in [0, 0.1) is 5.41 Å². The molecule has 0 N–H and O–H groups in total. The molecule has 0 saturated carbocycles. The number of hydrogen-bond acceptors (Lipinski definition) is 4. The van der Waals surface area contributed by atoms with Gasteiger partial charge in [0.1, 0.15) is 0 Å². The molecule has 3 aliphatic heterocycles. The average Bonchev–Trinajstić information content (AvgIpc) is 2.41. The van der Waals surface area contributed by atoms with Gasteiger partial charge in [-0.05, 0) is 28.4 Å². The third kappa shape index (κ3) is 1.99. The van der Waals surface area contributed by atoms with Crippen molar-refractivity contribution in [2.24, 2.45) is 5.41 Å². The van der Waals surface area contributed by atoms with Crippen LogP contribution in [-0.4, -0.2) is 24.8 Å². The summed E-state index contributed by atoms with van der Waals surface area (Å²) in [6.07, 6.45) is 5.64. The van der Waals surface area contributed by atoms with Crippen LogP contribution in [0.2, 0.25) is 0 Å². The molecule has 1 aromatic heterocycles. The fourth-order valence-electron chi connectivity index (χ4n) is 2.57. The number of halogens is 1. The maximum Gasteiger partial charge on any atom is 0.313 e. The molecule has 2 bridgehead atoms. The van der Waals surface area contributed by atoms with Crippen LogP contribution in [-0.2, 0) is 20.2 Å². The van der Waals surface area contributed by atoms with Crippen LogP contribution in [0.15, 0.2) is 22.9 Å². The average molecular weight is 314 g/mol. The summed E-state index contributed by atoms with van der Waals surface area (Å²) in [5.41, 5.74) is 0.845. The van der Waals surface area contributed by atoms with Crippen LogP contribution in [0.25, 0.3) is 0 Å². The highest BCUT2D eigenvalue weighted by Gasteiger charge is 2.53. The van der Waals surface area contributed by atoms with E-state index in [2.05, 4.69) is 27.8 Å². The highest BCUT2D eigenvalue weighted by atomic mass is 79.9. The molecule has 0 atom stereocenters. The second-order valence-electron chi connectivity index (χ2n) is 5.06. The lowest BCUT2D eigenvalue weighted by Crippen LogP contribution is -2.58. The van der Waals surface area contributed by atoms with E-state index < -0.39 is 5.97 Å². The maximum absolute atomic E-state index is 5.86. The van der Waals surface area contributed by atoms with E-state index in [-0.39, 0.29) is 5.41 Å². The zero-order valence-corrected chi connectivity index (χ0v) is 11.9. The number of rotatable bonds is 3. The van der Waals surface area contributed by atoms with Crippen molar-refractivity contribution in [1.29, 1.82) is 0 Å². The third-order valence-corrected chi connectivity index (χ3v) is 3.98. The molecule has 4 rings (SSSR count). The van der Waals surface area contributed by atoms with Crippen molar-refractivity contribution in [2.75, 3.05) is 19.8 Å². The van der Waals surface area contributed by atoms with Gasteiger partial charge in [-0.2, -0.15) is 0 Å². The monoisotopic (exact) mass is 313 g/mol. The fraction of sp³-hybridized carbons (Fsp3) is 0.615. The van der Waals surface area contributed by atoms with E-state index in [0.29, 0.717) is 19.8 Å². The highest BCUT2D eigenvalue weighted by molar-refractivity contribution is 9.10. The van der Waals surface area contributed by atoms with Gasteiger partial charge >= 0.3 is 5.97 Å². The number of hydrogen-bond donors (Lipinski definition) is 0. The molecule has 98 valence electrons. The molecule has 0 unspecified atom stereocenters. The Morgan fingerprint density at radius 3 is 2.44 bits per heavy atom. The number of aromatic nitrogens is 1. The lowest BCUT2D eigenvalue weighted by Gasteiger charge is -2.51. The third-order valence-electron chi connectivity index (χ3n) is 3.54. The summed E-state index contributed by atoms with van der Waals surface area (Å²) >= 11 is 3.40. The topological polar surface area (TPSA) is 40.6 Å². The molecule has 0 spiro atoms. The van der Waals surface area contributed by atoms with Crippen LogP contribution in [0.3, 0.4) is 0 Å². The van der Waals surface area contributed by atoms with E-state index in [1.165, 1.54) is 0 Å². The minimum Gasteiger partial charge on any atom is -0.323 e. The van der Waals surface area contributed by atoms with Crippen LogP contribution < -0.4 is 0 Å². The molecular formula is C13H16BrNO3. The highest BCUT2D eigenvalue weighted by Crippen LogP contribution is 2.46. The van der Waals surface area contributed by atoms with Crippen molar-refractivity contribution < 1.29 is 14.2 Å². The van der Waals surface area contributed by atoms with E-state index >= 15 is 0 Å². The standard InChI is InChI=1S/C13H16BrNO3/c1-2-3-12-7-16-13(17-8-12,18-9-12)10-4-11(14)6-15-5-10/h4-6H,2-3,7-9H2,1H3. The second-order valence-corrected chi connectivity index (χ2v) is 5.98. The molecule has 3 saturated heterocycles. The van der Waals surface area contributed by atoms with Crippen LogP contribution in [0.5, 0.6) is 0 Å². The van der Waals surface area contributed by atoms with Gasteiger partial charge in [0.05, 0.1) is 25.4 Å². The van der Waals surface area contributed by atoms with Crippen molar-refractivity contribution >= 4 is 15.9 Å². The van der Waals surface area contributed by atoms with E-state index in [9.17, 15) is 0 Å². The lowest BCUT2D eigenvalue weighted by atomic mass is 9.84. The van der Waals surface area contributed by atoms with Crippen molar-refractivity contribution in [1.82, 2.24) is 4.98 Å². The van der Waals surface area contributed by atoms with E-state index in [1.807, 2.05) is 6.07 Å². The molecule has 18 heavy (non-hydrogen) atoms. The Hall–Kier alpha value is -0.490. The maximum atomic E-state index is 5.86. The smallest absolute Gasteiger partial charge is 0.313 e. The Morgan fingerprint density at radius 1 is 1.22 bits per heavy atom. The normalized spacial score (nSPS) is 34.8. The first kappa shape index (κ1) is 12.5. The summed E-state index contributed by atoms with van der Waals surface area (Å²) in [5.74, 6) is -1.05. The summed E-state index contributed by atoms with van der Waals surface area (Å²) in [4.78, 5) is 4.14. The van der Waals surface area contributed by atoms with Gasteiger partial charge in [0.2, 0.25) is 0 Å². The van der Waals surface area contributed by atoms with Crippen LogP contribution in [0.1, 0.15) is 25.3 Å². The first-order chi connectivity index (χ1) is 8.68. The van der Waals surface area contributed by atoms with Gasteiger partial charge < -0.3 is 14.2 Å². The molecule has 3 aliphatic rings. The molecule has 3 fully saturated rings. The molecule has 0 amide bonds. The molecule has 4 heterocycles. The van der Waals surface area contributed by atoms with Gasteiger partial charge in [0.25, 0.3) is 0 Å². The molecular weight excluding hydrogens is 298 g/mol. The van der Waals surface area contributed by atoms with Gasteiger partial charge in [-0.1, -0.05) is 13.3 Å². The Kier molecular flexibility index (Phi) is 3.18. The summed E-state index contributed by atoms with van der Waals surface area (Å²) in [6.45, 7) is 4.23. The zero-order valence-electron chi connectivity index (χ0n) is 10.3. The van der Waals surface area contributed by atoms with Gasteiger partial charge in [-0.25, -0.2) is 0 Å². The van der Waals surface area contributed by atoms with Crippen molar-refractivity contribution in [2.45, 2.75) is 25.7 Å². The predicted molar refractivity (Wildman–Crippen MR) is 68.8 cm³/mol.